The van der Waals surface area contributed by atoms with Gasteiger partial charge in [-0.3, -0.25) is 9.59 Å². The van der Waals surface area contributed by atoms with Gasteiger partial charge in [-0.1, -0.05) is 19.4 Å². The topological polar surface area (TPSA) is 116 Å². The zero-order valence-corrected chi connectivity index (χ0v) is 18.3. The number of aryl methyl sites for hydroxylation is 1. The van der Waals surface area contributed by atoms with Gasteiger partial charge in [0.1, 0.15) is 11.3 Å². The predicted octanol–water partition coefficient (Wildman–Crippen LogP) is 3.67. The van der Waals surface area contributed by atoms with E-state index in [9.17, 15) is 19.2 Å². The zero-order valence-electron chi connectivity index (χ0n) is 18.3. The Labute approximate surface area is 183 Å². The molecule has 1 N–H and O–H groups in total. The van der Waals surface area contributed by atoms with Gasteiger partial charge in [-0.2, -0.15) is 0 Å². The highest BCUT2D eigenvalue weighted by Crippen LogP contribution is 2.28. The lowest BCUT2D eigenvalue weighted by Gasteiger charge is -2.14. The molecular weight excluding hydrogens is 414 g/mol. The third-order valence-electron chi connectivity index (χ3n) is 4.99. The molecule has 2 heterocycles. The summed E-state index contributed by atoms with van der Waals surface area (Å²) in [6, 6.07) is 2.50. The van der Waals surface area contributed by atoms with Gasteiger partial charge in [0.2, 0.25) is 5.76 Å². The lowest BCUT2D eigenvalue weighted by atomic mass is 9.98. The average molecular weight is 439 g/mol. The van der Waals surface area contributed by atoms with Crippen molar-refractivity contribution in [1.29, 1.82) is 0 Å². The van der Waals surface area contributed by atoms with Crippen LogP contribution in [0.2, 0.25) is 0 Å². The van der Waals surface area contributed by atoms with E-state index in [0.29, 0.717) is 23.9 Å². The number of hydrogen-bond donors (Lipinski definition) is 1. The molecule has 0 amide bonds. The molecule has 0 saturated carbocycles. The van der Waals surface area contributed by atoms with Gasteiger partial charge in [0.25, 0.3) is 0 Å². The van der Waals surface area contributed by atoms with Crippen LogP contribution in [0.15, 0.2) is 38.8 Å². The van der Waals surface area contributed by atoms with Crippen molar-refractivity contribution in [1.82, 2.24) is 4.98 Å². The summed E-state index contributed by atoms with van der Waals surface area (Å²) >= 11 is 0. The van der Waals surface area contributed by atoms with E-state index in [1.165, 1.54) is 12.1 Å². The molecule has 2 aromatic heterocycles. The molecular formula is C24H25NO7. The molecule has 0 atom stereocenters. The molecule has 8 heteroatoms. The summed E-state index contributed by atoms with van der Waals surface area (Å²) in [4.78, 5) is 54.0. The molecule has 3 rings (SSSR count). The number of allylic oxidation sites excluding steroid dienone is 1. The number of fused-ring (bicyclic) bond motifs is 2. The third kappa shape index (κ3) is 4.08. The largest absolute Gasteiger partial charge is 0.461 e. The lowest BCUT2D eigenvalue weighted by Crippen LogP contribution is -2.21. The highest BCUT2D eigenvalue weighted by atomic mass is 16.5. The Bertz CT molecular complexity index is 1330. The van der Waals surface area contributed by atoms with E-state index in [2.05, 4.69) is 11.6 Å². The Morgan fingerprint density at radius 3 is 2.34 bits per heavy atom. The molecule has 0 bridgehead atoms. The Kier molecular flexibility index (Phi) is 6.92. The smallest absolute Gasteiger partial charge is 0.374 e. The van der Waals surface area contributed by atoms with Gasteiger partial charge in [-0.25, -0.2) is 9.59 Å². The molecule has 0 aliphatic carbocycles. The van der Waals surface area contributed by atoms with Crippen molar-refractivity contribution in [3.8, 4) is 0 Å². The molecule has 8 nitrogen and oxygen atoms in total. The standard InChI is InChI=1S/C24H25NO7/c1-5-9-13-20(24(29)31-8-4)25-19-14(10-6-2)22-15(11-16(19)21(13)27)17(26)12-18(32-22)23(28)30-7-3/h5,11-12H,1,6-10H2,2-4H3,(H,25,27). The van der Waals surface area contributed by atoms with Gasteiger partial charge in [0.05, 0.1) is 24.1 Å². The minimum atomic E-state index is -0.754. The molecule has 0 saturated heterocycles. The first-order chi connectivity index (χ1) is 15.4. The monoisotopic (exact) mass is 439 g/mol. The second-order valence-corrected chi connectivity index (χ2v) is 7.12. The van der Waals surface area contributed by atoms with E-state index in [1.807, 2.05) is 6.92 Å². The third-order valence-corrected chi connectivity index (χ3v) is 4.99. The number of carbonyl (C=O) groups excluding carboxylic acids is 2. The number of aromatic nitrogens is 1. The van der Waals surface area contributed by atoms with Crippen LogP contribution in [-0.4, -0.2) is 30.1 Å². The van der Waals surface area contributed by atoms with E-state index in [0.717, 1.165) is 6.07 Å². The highest BCUT2D eigenvalue weighted by molar-refractivity contribution is 6.01. The van der Waals surface area contributed by atoms with E-state index >= 15 is 0 Å². The van der Waals surface area contributed by atoms with E-state index in [-0.39, 0.29) is 53.0 Å². The maximum atomic E-state index is 13.3. The van der Waals surface area contributed by atoms with Crippen LogP contribution in [0.3, 0.4) is 0 Å². The fraction of sp³-hybridized carbons (Fsp3) is 0.333. The summed E-state index contributed by atoms with van der Waals surface area (Å²) < 4.78 is 15.9. The Morgan fingerprint density at radius 1 is 1.03 bits per heavy atom. The van der Waals surface area contributed by atoms with Crippen LogP contribution in [0.5, 0.6) is 0 Å². The molecule has 168 valence electrons. The van der Waals surface area contributed by atoms with Gasteiger partial charge in [-0.05, 0) is 32.8 Å². The van der Waals surface area contributed by atoms with Crippen LogP contribution in [0.4, 0.5) is 0 Å². The van der Waals surface area contributed by atoms with E-state index < -0.39 is 22.8 Å². The van der Waals surface area contributed by atoms with Crippen LogP contribution >= 0.6 is 0 Å². The second kappa shape index (κ2) is 9.64. The van der Waals surface area contributed by atoms with Gasteiger partial charge in [0, 0.05) is 22.6 Å². The number of rotatable bonds is 8. The van der Waals surface area contributed by atoms with Gasteiger partial charge >= 0.3 is 11.9 Å². The molecule has 0 spiro atoms. The van der Waals surface area contributed by atoms with Crippen molar-refractivity contribution in [3.63, 3.8) is 0 Å². The Morgan fingerprint density at radius 2 is 1.72 bits per heavy atom. The van der Waals surface area contributed by atoms with Crippen LogP contribution in [0, 0.1) is 0 Å². The number of H-pyrrole nitrogens is 1. The fourth-order valence-corrected chi connectivity index (χ4v) is 3.66. The number of benzene rings is 1. The number of ether oxygens (including phenoxy) is 2. The number of pyridine rings is 1. The van der Waals surface area contributed by atoms with E-state index in [4.69, 9.17) is 13.9 Å². The van der Waals surface area contributed by atoms with Gasteiger partial charge in [-0.15, -0.1) is 6.58 Å². The molecule has 32 heavy (non-hydrogen) atoms. The molecule has 3 aromatic rings. The maximum Gasteiger partial charge on any atom is 0.374 e. The lowest BCUT2D eigenvalue weighted by molar-refractivity contribution is 0.0488. The molecule has 0 fully saturated rings. The first kappa shape index (κ1) is 23.0. The summed E-state index contributed by atoms with van der Waals surface area (Å²) in [5.74, 6) is -1.64. The van der Waals surface area contributed by atoms with Crippen molar-refractivity contribution in [2.45, 2.75) is 40.0 Å². The molecule has 0 aliphatic rings. The summed E-state index contributed by atoms with van der Waals surface area (Å²) in [5, 5.41) is 0.426. The van der Waals surface area contributed by atoms with Crippen molar-refractivity contribution in [2.24, 2.45) is 0 Å². The minimum absolute atomic E-state index is 0.0323. The number of esters is 2. The number of nitrogens with one attached hydrogen (secondary N) is 1. The van der Waals surface area contributed by atoms with Crippen molar-refractivity contribution in [2.75, 3.05) is 13.2 Å². The average Bonchev–Trinajstić information content (AvgIpc) is 2.76. The van der Waals surface area contributed by atoms with Crippen LogP contribution < -0.4 is 10.9 Å². The van der Waals surface area contributed by atoms with Crippen LogP contribution in [0.25, 0.3) is 21.9 Å². The minimum Gasteiger partial charge on any atom is -0.461 e. The summed E-state index contributed by atoms with van der Waals surface area (Å²) in [5.41, 5.74) is 0.449. The Hall–Kier alpha value is -3.68. The molecule has 1 aromatic carbocycles. The summed E-state index contributed by atoms with van der Waals surface area (Å²) in [6.07, 6.45) is 2.76. The fourth-order valence-electron chi connectivity index (χ4n) is 3.66. The first-order valence-electron chi connectivity index (χ1n) is 10.5. The quantitative estimate of drug-likeness (QED) is 0.323. The van der Waals surface area contributed by atoms with Crippen LogP contribution in [0.1, 0.15) is 59.4 Å². The normalized spacial score (nSPS) is 11.0. The summed E-state index contributed by atoms with van der Waals surface area (Å²) in [6.45, 7) is 9.18. The predicted molar refractivity (Wildman–Crippen MR) is 120 cm³/mol. The zero-order chi connectivity index (χ0) is 23.4. The number of aromatic amines is 1. The van der Waals surface area contributed by atoms with Crippen LogP contribution in [-0.2, 0) is 22.3 Å². The maximum absolute atomic E-state index is 13.3. The van der Waals surface area contributed by atoms with Crippen molar-refractivity contribution < 1.29 is 23.5 Å². The van der Waals surface area contributed by atoms with Crippen molar-refractivity contribution in [3.05, 3.63) is 67.8 Å². The van der Waals surface area contributed by atoms with Gasteiger partial charge < -0.3 is 18.9 Å². The van der Waals surface area contributed by atoms with E-state index in [1.54, 1.807) is 13.8 Å². The summed E-state index contributed by atoms with van der Waals surface area (Å²) in [7, 11) is 0. The Balaban J connectivity index is 2.48. The molecule has 0 radical (unpaired) electrons. The van der Waals surface area contributed by atoms with Crippen molar-refractivity contribution >= 4 is 33.8 Å². The molecule has 0 unspecified atom stereocenters. The highest BCUT2D eigenvalue weighted by Gasteiger charge is 2.23. The first-order valence-corrected chi connectivity index (χ1v) is 10.5. The number of hydrogen-bond acceptors (Lipinski definition) is 7. The second-order valence-electron chi connectivity index (χ2n) is 7.12. The van der Waals surface area contributed by atoms with Gasteiger partial charge in [0.15, 0.2) is 10.9 Å². The molecule has 0 aliphatic heterocycles. The SMILES string of the molecule is C=CCc1c(C(=O)OCC)[nH]c2c(CCC)c3oc(C(=O)OCC)cc(=O)c3cc2c1=O. The number of carbonyl (C=O) groups is 2.